The van der Waals surface area contributed by atoms with E-state index in [9.17, 15) is 4.79 Å². The molecule has 0 spiro atoms. The fourth-order valence-electron chi connectivity index (χ4n) is 3.60. The Morgan fingerprint density at radius 2 is 1.82 bits per heavy atom. The van der Waals surface area contributed by atoms with E-state index < -0.39 is 0 Å². The van der Waals surface area contributed by atoms with Crippen molar-refractivity contribution >= 4 is 12.0 Å². The predicted molar refractivity (Wildman–Crippen MR) is 131 cm³/mol. The fourth-order valence-corrected chi connectivity index (χ4v) is 3.60. The summed E-state index contributed by atoms with van der Waals surface area (Å²) in [6.07, 6.45) is 5.23. The van der Waals surface area contributed by atoms with Gasteiger partial charge >= 0.3 is 0 Å². The number of methoxy groups -OCH3 is 2. The summed E-state index contributed by atoms with van der Waals surface area (Å²) in [7, 11) is 4.94. The van der Waals surface area contributed by atoms with Crippen LogP contribution in [0.1, 0.15) is 17.1 Å². The maximum Gasteiger partial charge on any atom is 0.246 e. The van der Waals surface area contributed by atoms with Crippen LogP contribution in [0.4, 0.5) is 0 Å². The van der Waals surface area contributed by atoms with Crippen LogP contribution in [-0.2, 0) is 11.3 Å². The van der Waals surface area contributed by atoms with E-state index in [1.54, 1.807) is 43.0 Å². The Morgan fingerprint density at radius 3 is 2.50 bits per heavy atom. The highest BCUT2D eigenvalue weighted by Crippen LogP contribution is 2.33. The molecule has 0 atom stereocenters. The molecule has 7 nitrogen and oxygen atoms in total. The Bertz CT molecular complexity index is 1300. The lowest BCUT2D eigenvalue weighted by atomic mass is 10.1. The van der Waals surface area contributed by atoms with Crippen molar-refractivity contribution in [3.05, 3.63) is 90.0 Å². The van der Waals surface area contributed by atoms with E-state index >= 15 is 0 Å². The number of ether oxygens (including phenoxy) is 2. The molecule has 0 aliphatic heterocycles. The number of carbonyl (C=O) groups is 1. The van der Waals surface area contributed by atoms with E-state index in [-0.39, 0.29) is 5.91 Å². The Balaban J connectivity index is 1.66. The topological polar surface area (TPSA) is 69.7 Å². The SMILES string of the molecule is COc1ccc(-c2nn(-c3ccccc3)cc2/C=C/C(=O)N(C)Cc2ccc(C)o2)cc1OC. The zero-order valence-corrected chi connectivity index (χ0v) is 19.7. The molecule has 4 aromatic rings. The predicted octanol–water partition coefficient (Wildman–Crippen LogP) is 5.13. The molecule has 0 saturated heterocycles. The molecule has 0 aliphatic carbocycles. The zero-order chi connectivity index (χ0) is 24.1. The van der Waals surface area contributed by atoms with Crippen LogP contribution >= 0.6 is 0 Å². The second-order valence-corrected chi connectivity index (χ2v) is 7.82. The summed E-state index contributed by atoms with van der Waals surface area (Å²) in [6.45, 7) is 2.27. The first kappa shape index (κ1) is 22.9. The smallest absolute Gasteiger partial charge is 0.246 e. The van der Waals surface area contributed by atoms with E-state index in [0.29, 0.717) is 18.0 Å². The van der Waals surface area contributed by atoms with Gasteiger partial charge in [0.25, 0.3) is 0 Å². The third kappa shape index (κ3) is 5.04. The highest BCUT2D eigenvalue weighted by Gasteiger charge is 2.15. The minimum absolute atomic E-state index is 0.139. The van der Waals surface area contributed by atoms with Crippen LogP contribution in [0.25, 0.3) is 23.0 Å². The van der Waals surface area contributed by atoms with E-state index in [0.717, 1.165) is 34.0 Å². The first-order valence-corrected chi connectivity index (χ1v) is 10.8. The molecule has 174 valence electrons. The summed E-state index contributed by atoms with van der Waals surface area (Å²) in [4.78, 5) is 14.4. The maximum absolute atomic E-state index is 12.8. The molecule has 0 saturated carbocycles. The second-order valence-electron chi connectivity index (χ2n) is 7.82. The van der Waals surface area contributed by atoms with Gasteiger partial charge in [-0.25, -0.2) is 4.68 Å². The Kier molecular flexibility index (Phi) is 6.82. The van der Waals surface area contributed by atoms with Gasteiger partial charge in [-0.3, -0.25) is 4.79 Å². The van der Waals surface area contributed by atoms with Crippen LogP contribution in [0.5, 0.6) is 11.5 Å². The van der Waals surface area contributed by atoms with Crippen LogP contribution in [0.3, 0.4) is 0 Å². The highest BCUT2D eigenvalue weighted by atomic mass is 16.5. The van der Waals surface area contributed by atoms with Crippen LogP contribution in [0.2, 0.25) is 0 Å². The number of nitrogens with zero attached hydrogens (tertiary/aromatic N) is 3. The van der Waals surface area contributed by atoms with Crippen molar-refractivity contribution in [3.63, 3.8) is 0 Å². The first-order valence-electron chi connectivity index (χ1n) is 10.8. The third-order valence-electron chi connectivity index (χ3n) is 5.39. The van der Waals surface area contributed by atoms with E-state index in [4.69, 9.17) is 19.0 Å². The van der Waals surface area contributed by atoms with Crippen molar-refractivity contribution in [1.29, 1.82) is 0 Å². The number of likely N-dealkylation sites (N-methyl/N-ethyl adjacent to an activating group) is 1. The molecule has 34 heavy (non-hydrogen) atoms. The number of hydrogen-bond donors (Lipinski definition) is 0. The molecule has 2 aromatic heterocycles. The van der Waals surface area contributed by atoms with Crippen LogP contribution in [0, 0.1) is 6.92 Å². The van der Waals surface area contributed by atoms with Gasteiger partial charge in [0.05, 0.1) is 26.5 Å². The molecule has 0 N–H and O–H groups in total. The standard InChI is InChI=1S/C27H27N3O4/c1-19-10-13-23(34-19)18-29(2)26(31)15-12-21-17-30(22-8-6-5-7-9-22)28-27(21)20-11-14-24(32-3)25(16-20)33-4/h5-17H,18H2,1-4H3/b15-12+. The molecule has 0 radical (unpaired) electrons. The monoisotopic (exact) mass is 457 g/mol. The molecule has 0 fully saturated rings. The summed E-state index contributed by atoms with van der Waals surface area (Å²) in [5.74, 6) is 2.66. The summed E-state index contributed by atoms with van der Waals surface area (Å²) in [5, 5.41) is 4.80. The van der Waals surface area contributed by atoms with E-state index in [1.807, 2.05) is 73.8 Å². The normalized spacial score (nSPS) is 11.1. The lowest BCUT2D eigenvalue weighted by molar-refractivity contribution is -0.125. The largest absolute Gasteiger partial charge is 0.493 e. The van der Waals surface area contributed by atoms with Crippen molar-refractivity contribution in [1.82, 2.24) is 14.7 Å². The molecule has 2 heterocycles. The van der Waals surface area contributed by atoms with E-state index in [2.05, 4.69) is 0 Å². The summed E-state index contributed by atoms with van der Waals surface area (Å²) in [6, 6.07) is 19.2. The van der Waals surface area contributed by atoms with Gasteiger partial charge in [0.2, 0.25) is 5.91 Å². The number of furan rings is 1. The van der Waals surface area contributed by atoms with Gasteiger partial charge in [-0.1, -0.05) is 18.2 Å². The van der Waals surface area contributed by atoms with Crippen molar-refractivity contribution in [2.45, 2.75) is 13.5 Å². The van der Waals surface area contributed by atoms with Gasteiger partial charge in [0.1, 0.15) is 17.2 Å². The Morgan fingerprint density at radius 1 is 1.06 bits per heavy atom. The molecule has 1 amide bonds. The number of aromatic nitrogens is 2. The first-order chi connectivity index (χ1) is 16.5. The molecule has 7 heteroatoms. The molecule has 0 unspecified atom stereocenters. The van der Waals surface area contributed by atoms with Gasteiger partial charge < -0.3 is 18.8 Å². The van der Waals surface area contributed by atoms with E-state index in [1.165, 1.54) is 0 Å². The van der Waals surface area contributed by atoms with Gasteiger partial charge in [0, 0.05) is 30.4 Å². The summed E-state index contributed by atoms with van der Waals surface area (Å²) in [5.41, 5.74) is 3.28. The van der Waals surface area contributed by atoms with Crippen molar-refractivity contribution in [3.8, 4) is 28.4 Å². The summed E-state index contributed by atoms with van der Waals surface area (Å²) < 4.78 is 18.2. The lowest BCUT2D eigenvalue weighted by Crippen LogP contribution is -2.23. The van der Waals surface area contributed by atoms with Gasteiger partial charge in [-0.15, -0.1) is 0 Å². The molecule has 4 rings (SSSR count). The molecular weight excluding hydrogens is 430 g/mol. The maximum atomic E-state index is 12.8. The van der Waals surface area contributed by atoms with Crippen molar-refractivity contribution in [2.24, 2.45) is 0 Å². The number of para-hydroxylation sites is 1. The van der Waals surface area contributed by atoms with Gasteiger partial charge in [0.15, 0.2) is 11.5 Å². The minimum atomic E-state index is -0.139. The number of benzene rings is 2. The number of carbonyl (C=O) groups excluding carboxylic acids is 1. The average Bonchev–Trinajstić information content (AvgIpc) is 3.48. The van der Waals surface area contributed by atoms with Crippen molar-refractivity contribution < 1.29 is 18.7 Å². The van der Waals surface area contributed by atoms with Crippen molar-refractivity contribution in [2.75, 3.05) is 21.3 Å². The zero-order valence-electron chi connectivity index (χ0n) is 19.7. The number of hydrogen-bond acceptors (Lipinski definition) is 5. The van der Waals surface area contributed by atoms with Crippen LogP contribution in [-0.4, -0.2) is 41.9 Å². The van der Waals surface area contributed by atoms with Gasteiger partial charge in [-0.05, 0) is 55.5 Å². The minimum Gasteiger partial charge on any atom is -0.493 e. The van der Waals surface area contributed by atoms with Gasteiger partial charge in [-0.2, -0.15) is 5.10 Å². The Hall–Kier alpha value is -4.26. The lowest BCUT2D eigenvalue weighted by Gasteiger charge is -2.13. The number of aryl methyl sites for hydroxylation is 1. The second kappa shape index (κ2) is 10.1. The van der Waals surface area contributed by atoms with Crippen LogP contribution < -0.4 is 9.47 Å². The Labute approximate surface area is 198 Å². The fraction of sp³-hybridized carbons (Fsp3) is 0.185. The highest BCUT2D eigenvalue weighted by molar-refractivity contribution is 5.92. The molecule has 0 aliphatic rings. The summed E-state index contributed by atoms with van der Waals surface area (Å²) >= 11 is 0. The average molecular weight is 458 g/mol. The quantitative estimate of drug-likeness (QED) is 0.343. The molecule has 0 bridgehead atoms. The molecule has 2 aromatic carbocycles. The van der Waals surface area contributed by atoms with Crippen LogP contribution in [0.15, 0.2) is 77.4 Å². The number of rotatable bonds is 8. The number of amides is 1. The molecular formula is C27H27N3O4. The third-order valence-corrected chi connectivity index (χ3v) is 5.39.